The lowest BCUT2D eigenvalue weighted by molar-refractivity contribution is 0.574. The van der Waals surface area contributed by atoms with Crippen LogP contribution in [0.2, 0.25) is 0 Å². The number of benzene rings is 1. The highest BCUT2D eigenvalue weighted by atomic mass is 32.1. The third-order valence-electron chi connectivity index (χ3n) is 3.83. The van der Waals surface area contributed by atoms with Gasteiger partial charge in [0, 0.05) is 15.8 Å². The Hall–Kier alpha value is -1.26. The predicted molar refractivity (Wildman–Crippen MR) is 78.0 cm³/mol. The SMILES string of the molecule is NC(Cc1cc(F)ccc1F)c1cc2c(s1)CCCC2. The van der Waals surface area contributed by atoms with Gasteiger partial charge < -0.3 is 5.73 Å². The molecular formula is C16H17F2NS. The molecular weight excluding hydrogens is 276 g/mol. The molecule has 1 aromatic carbocycles. The number of halogens is 2. The molecule has 0 spiro atoms. The molecule has 0 fully saturated rings. The molecule has 0 bridgehead atoms. The summed E-state index contributed by atoms with van der Waals surface area (Å²) in [6.45, 7) is 0. The predicted octanol–water partition coefficient (Wildman–Crippen LogP) is 4.15. The molecule has 0 saturated heterocycles. The van der Waals surface area contributed by atoms with Crippen LogP contribution in [-0.2, 0) is 19.3 Å². The number of rotatable bonds is 3. The average molecular weight is 293 g/mol. The minimum Gasteiger partial charge on any atom is -0.323 e. The van der Waals surface area contributed by atoms with Crippen molar-refractivity contribution in [2.24, 2.45) is 5.73 Å². The minimum atomic E-state index is -0.418. The highest BCUT2D eigenvalue weighted by molar-refractivity contribution is 7.12. The summed E-state index contributed by atoms with van der Waals surface area (Å²) in [5.41, 5.74) is 7.92. The summed E-state index contributed by atoms with van der Waals surface area (Å²) in [7, 11) is 0. The van der Waals surface area contributed by atoms with Crippen LogP contribution in [0.15, 0.2) is 24.3 Å². The second-order valence-electron chi connectivity index (χ2n) is 5.35. The van der Waals surface area contributed by atoms with E-state index in [1.165, 1.54) is 29.3 Å². The fraction of sp³-hybridized carbons (Fsp3) is 0.375. The molecule has 1 nitrogen and oxygen atoms in total. The fourth-order valence-electron chi connectivity index (χ4n) is 2.73. The van der Waals surface area contributed by atoms with E-state index in [2.05, 4.69) is 6.07 Å². The topological polar surface area (TPSA) is 26.0 Å². The van der Waals surface area contributed by atoms with E-state index in [-0.39, 0.29) is 11.9 Å². The molecule has 1 aliphatic rings. The van der Waals surface area contributed by atoms with Crippen molar-refractivity contribution >= 4 is 11.3 Å². The van der Waals surface area contributed by atoms with E-state index in [9.17, 15) is 8.78 Å². The van der Waals surface area contributed by atoms with Crippen molar-refractivity contribution in [2.45, 2.75) is 38.1 Å². The van der Waals surface area contributed by atoms with E-state index < -0.39 is 5.82 Å². The third kappa shape index (κ3) is 2.76. The third-order valence-corrected chi connectivity index (χ3v) is 5.20. The quantitative estimate of drug-likeness (QED) is 0.904. The van der Waals surface area contributed by atoms with Crippen LogP contribution in [0, 0.1) is 11.6 Å². The molecule has 2 N–H and O–H groups in total. The zero-order valence-corrected chi connectivity index (χ0v) is 12.0. The number of hydrogen-bond acceptors (Lipinski definition) is 2. The van der Waals surface area contributed by atoms with E-state index in [4.69, 9.17) is 5.73 Å². The largest absolute Gasteiger partial charge is 0.323 e. The Morgan fingerprint density at radius 2 is 1.95 bits per heavy atom. The molecule has 1 aromatic heterocycles. The Morgan fingerprint density at radius 1 is 1.15 bits per heavy atom. The summed E-state index contributed by atoms with van der Waals surface area (Å²) in [6.07, 6.45) is 5.05. The van der Waals surface area contributed by atoms with Crippen LogP contribution in [0.25, 0.3) is 0 Å². The number of hydrogen-bond donors (Lipinski definition) is 1. The lowest BCUT2D eigenvalue weighted by atomic mass is 9.98. The molecule has 1 aliphatic carbocycles. The van der Waals surface area contributed by atoms with Crippen LogP contribution in [0.1, 0.15) is 39.8 Å². The van der Waals surface area contributed by atoms with Crippen molar-refractivity contribution in [3.8, 4) is 0 Å². The van der Waals surface area contributed by atoms with Crippen LogP contribution in [0.4, 0.5) is 8.78 Å². The first-order valence-corrected chi connectivity index (χ1v) is 7.76. The summed E-state index contributed by atoms with van der Waals surface area (Å²) < 4.78 is 26.8. The number of fused-ring (bicyclic) bond motifs is 1. The van der Waals surface area contributed by atoms with Gasteiger partial charge in [-0.2, -0.15) is 0 Å². The van der Waals surface area contributed by atoms with Gasteiger partial charge in [0.2, 0.25) is 0 Å². The summed E-state index contributed by atoms with van der Waals surface area (Å²) in [4.78, 5) is 2.50. The second kappa shape index (κ2) is 5.62. The van der Waals surface area contributed by atoms with Gasteiger partial charge in [0.15, 0.2) is 0 Å². The van der Waals surface area contributed by atoms with Crippen LogP contribution in [0.3, 0.4) is 0 Å². The van der Waals surface area contributed by atoms with E-state index in [1.54, 1.807) is 11.3 Å². The Balaban J connectivity index is 1.80. The Labute approximate surface area is 121 Å². The lowest BCUT2D eigenvalue weighted by Gasteiger charge is -2.10. The zero-order chi connectivity index (χ0) is 14.1. The van der Waals surface area contributed by atoms with E-state index in [1.807, 2.05) is 0 Å². The molecule has 0 aliphatic heterocycles. The summed E-state index contributed by atoms with van der Waals surface area (Å²) in [5.74, 6) is -0.803. The molecule has 1 heterocycles. The van der Waals surface area contributed by atoms with Gasteiger partial charge in [-0.25, -0.2) is 8.78 Å². The van der Waals surface area contributed by atoms with Crippen molar-refractivity contribution in [2.75, 3.05) is 0 Å². The standard InChI is InChI=1S/C16H17F2NS/c17-12-5-6-13(18)11(7-12)8-14(19)16-9-10-3-1-2-4-15(10)20-16/h5-7,9,14H,1-4,8,19H2. The van der Waals surface area contributed by atoms with Gasteiger partial charge in [0.1, 0.15) is 11.6 Å². The highest BCUT2D eigenvalue weighted by Crippen LogP contribution is 2.33. The number of thiophene rings is 1. The lowest BCUT2D eigenvalue weighted by Crippen LogP contribution is -2.13. The Morgan fingerprint density at radius 3 is 2.75 bits per heavy atom. The Kier molecular flexibility index (Phi) is 3.85. The summed E-state index contributed by atoms with van der Waals surface area (Å²) in [5, 5.41) is 0. The van der Waals surface area contributed by atoms with Crippen molar-refractivity contribution in [3.05, 3.63) is 56.8 Å². The van der Waals surface area contributed by atoms with E-state index in [0.29, 0.717) is 12.0 Å². The van der Waals surface area contributed by atoms with Crippen LogP contribution < -0.4 is 5.73 Å². The maximum atomic E-state index is 13.7. The first-order chi connectivity index (χ1) is 9.63. The van der Waals surface area contributed by atoms with Crippen LogP contribution >= 0.6 is 11.3 Å². The maximum absolute atomic E-state index is 13.7. The van der Waals surface area contributed by atoms with Gasteiger partial charge in [-0.05, 0) is 67.5 Å². The molecule has 4 heteroatoms. The van der Waals surface area contributed by atoms with Crippen molar-refractivity contribution in [1.29, 1.82) is 0 Å². The molecule has 20 heavy (non-hydrogen) atoms. The summed E-state index contributed by atoms with van der Waals surface area (Å²) in [6, 6.07) is 5.43. The Bertz CT molecular complexity index is 597. The van der Waals surface area contributed by atoms with Crippen molar-refractivity contribution in [1.82, 2.24) is 0 Å². The molecule has 1 atom stereocenters. The van der Waals surface area contributed by atoms with E-state index in [0.717, 1.165) is 29.9 Å². The monoisotopic (exact) mass is 293 g/mol. The van der Waals surface area contributed by atoms with Gasteiger partial charge in [-0.15, -0.1) is 11.3 Å². The minimum absolute atomic E-state index is 0.262. The van der Waals surface area contributed by atoms with Crippen LogP contribution in [0.5, 0.6) is 0 Å². The van der Waals surface area contributed by atoms with Crippen LogP contribution in [-0.4, -0.2) is 0 Å². The number of nitrogens with two attached hydrogens (primary N) is 1. The van der Waals surface area contributed by atoms with Gasteiger partial charge in [-0.1, -0.05) is 0 Å². The van der Waals surface area contributed by atoms with E-state index >= 15 is 0 Å². The van der Waals surface area contributed by atoms with Crippen molar-refractivity contribution < 1.29 is 8.78 Å². The van der Waals surface area contributed by atoms with Crippen molar-refractivity contribution in [3.63, 3.8) is 0 Å². The molecule has 1 unspecified atom stereocenters. The highest BCUT2D eigenvalue weighted by Gasteiger charge is 2.18. The molecule has 2 aromatic rings. The molecule has 0 radical (unpaired) electrons. The average Bonchev–Trinajstić information content (AvgIpc) is 2.87. The molecule has 106 valence electrons. The zero-order valence-electron chi connectivity index (χ0n) is 11.2. The fourth-order valence-corrected chi connectivity index (χ4v) is 3.99. The van der Waals surface area contributed by atoms with Gasteiger partial charge in [0.05, 0.1) is 0 Å². The number of aryl methyl sites for hydroxylation is 2. The van der Waals surface area contributed by atoms with Gasteiger partial charge >= 0.3 is 0 Å². The second-order valence-corrected chi connectivity index (χ2v) is 6.52. The first-order valence-electron chi connectivity index (χ1n) is 6.94. The maximum Gasteiger partial charge on any atom is 0.126 e. The molecule has 0 saturated carbocycles. The molecule has 0 amide bonds. The normalized spacial score (nSPS) is 15.9. The summed E-state index contributed by atoms with van der Waals surface area (Å²) >= 11 is 1.73. The molecule has 3 rings (SSSR count). The van der Waals surface area contributed by atoms with Gasteiger partial charge in [-0.3, -0.25) is 0 Å². The smallest absolute Gasteiger partial charge is 0.126 e. The van der Waals surface area contributed by atoms with Gasteiger partial charge in [0.25, 0.3) is 0 Å². The first kappa shape index (κ1) is 13.7.